The molecule has 154 valence electrons. The van der Waals surface area contributed by atoms with Crippen LogP contribution in [0.15, 0.2) is 41.5 Å². The average molecular weight is 397 g/mol. The standard InChI is InChI=1S/C21H27N5O3/c1-22-21(24-8-6-16-4-5-18-19(13-16)29-15-28-18)25-14-17-3-2-7-23-20(17)26-9-11-27-12-10-26/h2-5,7,13H,6,8-12,14-15H2,1H3,(H2,22,24,25). The van der Waals surface area contributed by atoms with Gasteiger partial charge < -0.3 is 29.7 Å². The van der Waals surface area contributed by atoms with Crippen molar-refractivity contribution in [3.8, 4) is 11.5 Å². The summed E-state index contributed by atoms with van der Waals surface area (Å²) in [5.74, 6) is 3.41. The largest absolute Gasteiger partial charge is 0.454 e. The SMILES string of the molecule is CN=C(NCCc1ccc2c(c1)OCO2)NCc1cccnc1N1CCOCC1. The second-order valence-electron chi connectivity index (χ2n) is 6.88. The smallest absolute Gasteiger partial charge is 0.231 e. The van der Waals surface area contributed by atoms with Crippen LogP contribution >= 0.6 is 0 Å². The number of aromatic nitrogens is 1. The van der Waals surface area contributed by atoms with Crippen molar-refractivity contribution < 1.29 is 14.2 Å². The molecule has 2 aliphatic heterocycles. The lowest BCUT2D eigenvalue weighted by Gasteiger charge is -2.29. The first-order chi connectivity index (χ1) is 14.3. The Labute approximate surface area is 170 Å². The molecule has 1 saturated heterocycles. The molecule has 1 aromatic carbocycles. The summed E-state index contributed by atoms with van der Waals surface area (Å²) in [6.45, 7) is 4.94. The molecule has 2 N–H and O–H groups in total. The fourth-order valence-corrected chi connectivity index (χ4v) is 3.45. The van der Waals surface area contributed by atoms with E-state index in [-0.39, 0.29) is 0 Å². The van der Waals surface area contributed by atoms with Crippen LogP contribution in [0.5, 0.6) is 11.5 Å². The number of aliphatic imine (C=N–C) groups is 1. The third-order valence-electron chi connectivity index (χ3n) is 4.99. The van der Waals surface area contributed by atoms with Crippen LogP contribution in [-0.4, -0.2) is 57.6 Å². The summed E-state index contributed by atoms with van der Waals surface area (Å²) in [4.78, 5) is 11.2. The number of ether oxygens (including phenoxy) is 3. The molecule has 4 rings (SSSR count). The van der Waals surface area contributed by atoms with Crippen LogP contribution in [0.25, 0.3) is 0 Å². The second-order valence-corrected chi connectivity index (χ2v) is 6.88. The Bertz CT molecular complexity index is 852. The molecule has 0 aliphatic carbocycles. The first kappa shape index (κ1) is 19.3. The highest BCUT2D eigenvalue weighted by atomic mass is 16.7. The summed E-state index contributed by atoms with van der Waals surface area (Å²) in [6.07, 6.45) is 2.70. The van der Waals surface area contributed by atoms with Gasteiger partial charge in [-0.3, -0.25) is 4.99 Å². The summed E-state index contributed by atoms with van der Waals surface area (Å²) in [5, 5.41) is 6.76. The first-order valence-corrected chi connectivity index (χ1v) is 9.93. The van der Waals surface area contributed by atoms with E-state index in [4.69, 9.17) is 14.2 Å². The van der Waals surface area contributed by atoms with Crippen LogP contribution in [0, 0.1) is 0 Å². The van der Waals surface area contributed by atoms with Crippen molar-refractivity contribution in [2.24, 2.45) is 4.99 Å². The van der Waals surface area contributed by atoms with Gasteiger partial charge in [-0.15, -0.1) is 0 Å². The molecule has 1 aromatic heterocycles. The van der Waals surface area contributed by atoms with Crippen LogP contribution in [0.3, 0.4) is 0 Å². The fraction of sp³-hybridized carbons (Fsp3) is 0.429. The maximum absolute atomic E-state index is 5.45. The molecule has 8 heteroatoms. The summed E-state index contributed by atoms with van der Waals surface area (Å²) >= 11 is 0. The predicted molar refractivity (Wildman–Crippen MR) is 112 cm³/mol. The van der Waals surface area contributed by atoms with E-state index < -0.39 is 0 Å². The molecule has 0 saturated carbocycles. The van der Waals surface area contributed by atoms with Gasteiger partial charge in [-0.2, -0.15) is 0 Å². The lowest BCUT2D eigenvalue weighted by atomic mass is 10.1. The van der Waals surface area contributed by atoms with Crippen molar-refractivity contribution in [3.63, 3.8) is 0 Å². The summed E-state index contributed by atoms with van der Waals surface area (Å²) in [7, 11) is 1.78. The minimum absolute atomic E-state index is 0.300. The lowest BCUT2D eigenvalue weighted by Crippen LogP contribution is -2.40. The van der Waals surface area contributed by atoms with E-state index in [1.807, 2.05) is 24.4 Å². The monoisotopic (exact) mass is 397 g/mol. The maximum atomic E-state index is 5.45. The molecule has 0 radical (unpaired) electrons. The Morgan fingerprint density at radius 3 is 2.86 bits per heavy atom. The predicted octanol–water partition coefficient (Wildman–Crippen LogP) is 1.55. The number of fused-ring (bicyclic) bond motifs is 1. The van der Waals surface area contributed by atoms with Gasteiger partial charge in [0.05, 0.1) is 13.2 Å². The molecule has 0 unspecified atom stereocenters. The second kappa shape index (κ2) is 9.47. The van der Waals surface area contributed by atoms with Gasteiger partial charge in [0.25, 0.3) is 0 Å². The number of rotatable bonds is 6. The third kappa shape index (κ3) is 4.89. The van der Waals surface area contributed by atoms with Crippen molar-refractivity contribution in [2.75, 3.05) is 51.6 Å². The molecule has 29 heavy (non-hydrogen) atoms. The van der Waals surface area contributed by atoms with Crippen LogP contribution in [0.1, 0.15) is 11.1 Å². The number of hydrogen-bond acceptors (Lipinski definition) is 6. The molecule has 2 aliphatic rings. The highest BCUT2D eigenvalue weighted by Crippen LogP contribution is 2.32. The lowest BCUT2D eigenvalue weighted by molar-refractivity contribution is 0.122. The minimum atomic E-state index is 0.300. The topological polar surface area (TPSA) is 80.2 Å². The Kier molecular flexibility index (Phi) is 6.31. The summed E-state index contributed by atoms with van der Waals surface area (Å²) in [6, 6.07) is 10.1. The number of hydrogen-bond donors (Lipinski definition) is 2. The van der Waals surface area contributed by atoms with Gasteiger partial charge in [-0.1, -0.05) is 12.1 Å². The van der Waals surface area contributed by atoms with Crippen molar-refractivity contribution in [1.82, 2.24) is 15.6 Å². The highest BCUT2D eigenvalue weighted by Gasteiger charge is 2.16. The van der Waals surface area contributed by atoms with Gasteiger partial charge in [-0.05, 0) is 30.2 Å². The van der Waals surface area contributed by atoms with E-state index in [0.29, 0.717) is 13.3 Å². The minimum Gasteiger partial charge on any atom is -0.454 e. The molecule has 0 spiro atoms. The van der Waals surface area contributed by atoms with Crippen molar-refractivity contribution in [3.05, 3.63) is 47.7 Å². The van der Waals surface area contributed by atoms with E-state index in [1.165, 1.54) is 5.56 Å². The number of morpholine rings is 1. The van der Waals surface area contributed by atoms with Crippen LogP contribution in [0.2, 0.25) is 0 Å². The molecular formula is C21H27N5O3. The summed E-state index contributed by atoms with van der Waals surface area (Å²) < 4.78 is 16.3. The average Bonchev–Trinajstić information content (AvgIpc) is 3.25. The highest BCUT2D eigenvalue weighted by molar-refractivity contribution is 5.79. The van der Waals surface area contributed by atoms with E-state index in [1.54, 1.807) is 7.05 Å². The van der Waals surface area contributed by atoms with Crippen LogP contribution in [0.4, 0.5) is 5.82 Å². The molecular weight excluding hydrogens is 370 g/mol. The van der Waals surface area contributed by atoms with E-state index in [2.05, 4.69) is 37.6 Å². The van der Waals surface area contributed by atoms with Gasteiger partial charge in [0, 0.05) is 45.0 Å². The molecule has 8 nitrogen and oxygen atoms in total. The van der Waals surface area contributed by atoms with Gasteiger partial charge in [0.2, 0.25) is 6.79 Å². The first-order valence-electron chi connectivity index (χ1n) is 9.93. The van der Waals surface area contributed by atoms with E-state index >= 15 is 0 Å². The molecule has 2 aromatic rings. The van der Waals surface area contributed by atoms with E-state index in [0.717, 1.165) is 68.1 Å². The Morgan fingerprint density at radius 1 is 1.14 bits per heavy atom. The van der Waals surface area contributed by atoms with Crippen LogP contribution < -0.4 is 25.0 Å². The summed E-state index contributed by atoms with van der Waals surface area (Å²) in [5.41, 5.74) is 2.34. The number of nitrogens with zero attached hydrogens (tertiary/aromatic N) is 3. The van der Waals surface area contributed by atoms with Gasteiger partial charge in [0.15, 0.2) is 17.5 Å². The zero-order valence-electron chi connectivity index (χ0n) is 16.7. The number of pyridine rings is 1. The molecule has 0 amide bonds. The normalized spacial score (nSPS) is 16.0. The maximum Gasteiger partial charge on any atom is 0.231 e. The number of benzene rings is 1. The Hall–Kier alpha value is -3.00. The van der Waals surface area contributed by atoms with Crippen LogP contribution in [-0.2, 0) is 17.7 Å². The Balaban J connectivity index is 1.29. The molecule has 0 atom stereocenters. The number of nitrogens with one attached hydrogen (secondary N) is 2. The van der Waals surface area contributed by atoms with Gasteiger partial charge in [0.1, 0.15) is 5.82 Å². The number of guanidine groups is 1. The third-order valence-corrected chi connectivity index (χ3v) is 4.99. The molecule has 0 bridgehead atoms. The zero-order valence-corrected chi connectivity index (χ0v) is 16.7. The fourth-order valence-electron chi connectivity index (χ4n) is 3.45. The quantitative estimate of drug-likeness (QED) is 0.566. The van der Waals surface area contributed by atoms with Crippen molar-refractivity contribution in [1.29, 1.82) is 0 Å². The zero-order chi connectivity index (χ0) is 19.9. The Morgan fingerprint density at radius 2 is 2.00 bits per heavy atom. The van der Waals surface area contributed by atoms with Crippen molar-refractivity contribution in [2.45, 2.75) is 13.0 Å². The molecule has 3 heterocycles. The van der Waals surface area contributed by atoms with Gasteiger partial charge >= 0.3 is 0 Å². The number of anilines is 1. The van der Waals surface area contributed by atoms with E-state index in [9.17, 15) is 0 Å². The van der Waals surface area contributed by atoms with Gasteiger partial charge in [-0.25, -0.2) is 4.98 Å². The van der Waals surface area contributed by atoms with Crippen molar-refractivity contribution >= 4 is 11.8 Å². The molecule has 1 fully saturated rings.